The summed E-state index contributed by atoms with van der Waals surface area (Å²) < 4.78 is 27.9. The van der Waals surface area contributed by atoms with E-state index in [1.807, 2.05) is 31.2 Å². The van der Waals surface area contributed by atoms with Crippen LogP contribution in [0.2, 0.25) is 0 Å². The van der Waals surface area contributed by atoms with Crippen LogP contribution in [-0.4, -0.2) is 8.42 Å². The second-order valence-electron chi connectivity index (χ2n) is 3.82. The van der Waals surface area contributed by atoms with Crippen LogP contribution in [0.5, 0.6) is 0 Å². The van der Waals surface area contributed by atoms with E-state index in [2.05, 4.69) is 20.7 Å². The Kier molecular flexibility index (Phi) is 4.21. The van der Waals surface area contributed by atoms with Gasteiger partial charge >= 0.3 is 0 Å². The number of hydrogen-bond donors (Lipinski definition) is 1. The maximum absolute atomic E-state index is 12.0. The number of rotatable bonds is 4. The molecule has 0 aliphatic rings. The minimum Gasteiger partial charge on any atom is -0.206 e. The van der Waals surface area contributed by atoms with Crippen LogP contribution in [-0.2, 0) is 16.6 Å². The van der Waals surface area contributed by atoms with Gasteiger partial charge in [0, 0.05) is 15.9 Å². The van der Waals surface area contributed by atoms with Crippen molar-refractivity contribution in [3.8, 4) is 0 Å². The van der Waals surface area contributed by atoms with Crippen molar-refractivity contribution < 1.29 is 8.42 Å². The summed E-state index contributed by atoms with van der Waals surface area (Å²) in [5, 5.41) is 0. The van der Waals surface area contributed by atoms with Gasteiger partial charge in [-0.25, -0.2) is 13.1 Å². The normalized spacial score (nSPS) is 11.7. The molecule has 0 saturated heterocycles. The molecule has 0 amide bonds. The van der Waals surface area contributed by atoms with Crippen LogP contribution < -0.4 is 4.72 Å². The molecular weight excluding hydrogens is 334 g/mol. The van der Waals surface area contributed by atoms with Crippen LogP contribution in [0.1, 0.15) is 10.4 Å². The zero-order valence-electron chi connectivity index (χ0n) is 9.68. The molecule has 0 aliphatic heterocycles. The Bertz CT molecular complexity index is 632. The molecule has 96 valence electrons. The third-order valence-electron chi connectivity index (χ3n) is 2.36. The third-order valence-corrected chi connectivity index (χ3v) is 5.78. The van der Waals surface area contributed by atoms with Crippen LogP contribution in [0.15, 0.2) is 45.1 Å². The zero-order valence-corrected chi connectivity index (χ0v) is 12.9. The van der Waals surface area contributed by atoms with E-state index in [1.54, 1.807) is 12.1 Å². The first kappa shape index (κ1) is 13.7. The van der Waals surface area contributed by atoms with Crippen molar-refractivity contribution in [2.75, 3.05) is 0 Å². The summed E-state index contributed by atoms with van der Waals surface area (Å²) in [6.45, 7) is 2.19. The van der Waals surface area contributed by atoms with Gasteiger partial charge in [0.2, 0.25) is 10.0 Å². The topological polar surface area (TPSA) is 46.2 Å². The second kappa shape index (κ2) is 5.52. The van der Waals surface area contributed by atoms with Gasteiger partial charge in [-0.15, -0.1) is 11.3 Å². The summed E-state index contributed by atoms with van der Waals surface area (Å²) >= 11 is 4.61. The van der Waals surface area contributed by atoms with Gasteiger partial charge in [-0.1, -0.05) is 28.1 Å². The number of sulfonamides is 1. The summed E-state index contributed by atoms with van der Waals surface area (Å²) in [4.78, 5) is 0.985. The Balaban J connectivity index is 2.08. The van der Waals surface area contributed by atoms with E-state index in [9.17, 15) is 8.42 Å². The monoisotopic (exact) mass is 345 g/mol. The van der Waals surface area contributed by atoms with E-state index in [1.165, 1.54) is 11.3 Å². The Morgan fingerprint density at radius 3 is 2.39 bits per heavy atom. The Labute approximate surface area is 119 Å². The second-order valence-corrected chi connectivity index (χ2v) is 8.01. The molecule has 0 unspecified atom stereocenters. The van der Waals surface area contributed by atoms with E-state index in [-0.39, 0.29) is 0 Å². The van der Waals surface area contributed by atoms with Crippen LogP contribution in [0, 0.1) is 6.92 Å². The van der Waals surface area contributed by atoms with E-state index in [0.29, 0.717) is 10.8 Å². The summed E-state index contributed by atoms with van der Waals surface area (Å²) in [5.41, 5.74) is 0.926. The van der Waals surface area contributed by atoms with Crippen molar-refractivity contribution in [1.29, 1.82) is 0 Å². The van der Waals surface area contributed by atoms with Crippen molar-refractivity contribution in [2.45, 2.75) is 17.7 Å². The number of thiophene rings is 1. The third kappa shape index (κ3) is 3.41. The smallest absolute Gasteiger partial charge is 0.206 e. The zero-order chi connectivity index (χ0) is 13.2. The van der Waals surface area contributed by atoms with Gasteiger partial charge in [0.25, 0.3) is 0 Å². The molecule has 18 heavy (non-hydrogen) atoms. The summed E-state index contributed by atoms with van der Waals surface area (Å²) in [6, 6.07) is 11.0. The van der Waals surface area contributed by atoms with Crippen molar-refractivity contribution in [3.63, 3.8) is 0 Å². The SMILES string of the molecule is Cc1ccc(S(=O)(=O)NCc2ccc(Br)cc2)s1. The molecule has 0 bridgehead atoms. The lowest BCUT2D eigenvalue weighted by molar-refractivity contribution is 0.583. The Hall–Kier alpha value is -0.690. The minimum atomic E-state index is -3.39. The first-order valence-corrected chi connectivity index (χ1v) is 8.37. The molecule has 1 aromatic carbocycles. The Morgan fingerprint density at radius 1 is 1.17 bits per heavy atom. The fourth-order valence-corrected chi connectivity index (χ4v) is 4.02. The molecule has 0 aliphatic carbocycles. The van der Waals surface area contributed by atoms with Gasteiger partial charge in [-0.2, -0.15) is 0 Å². The standard InChI is InChI=1S/C12H12BrNO2S2/c1-9-2-7-12(17-9)18(15,16)14-8-10-3-5-11(13)6-4-10/h2-7,14H,8H2,1H3. The van der Waals surface area contributed by atoms with Crippen molar-refractivity contribution >= 4 is 37.3 Å². The van der Waals surface area contributed by atoms with Gasteiger partial charge in [0.05, 0.1) is 0 Å². The van der Waals surface area contributed by atoms with Crippen LogP contribution in [0.3, 0.4) is 0 Å². The highest BCUT2D eigenvalue weighted by molar-refractivity contribution is 9.10. The lowest BCUT2D eigenvalue weighted by Gasteiger charge is -2.04. The lowest BCUT2D eigenvalue weighted by Crippen LogP contribution is -2.22. The van der Waals surface area contributed by atoms with Gasteiger partial charge in [0.1, 0.15) is 4.21 Å². The number of halogens is 1. The van der Waals surface area contributed by atoms with Crippen LogP contribution in [0.4, 0.5) is 0 Å². The molecule has 1 aromatic heterocycles. The summed E-state index contributed by atoms with van der Waals surface area (Å²) in [6.07, 6.45) is 0. The predicted molar refractivity (Wildman–Crippen MR) is 77.2 cm³/mol. The summed E-state index contributed by atoms with van der Waals surface area (Å²) in [5.74, 6) is 0. The molecule has 0 radical (unpaired) electrons. The molecule has 3 nitrogen and oxygen atoms in total. The number of benzene rings is 1. The quantitative estimate of drug-likeness (QED) is 0.923. The molecule has 0 saturated carbocycles. The van der Waals surface area contributed by atoms with Crippen LogP contribution in [0.25, 0.3) is 0 Å². The number of aryl methyl sites for hydroxylation is 1. The Morgan fingerprint density at radius 2 is 1.83 bits per heavy atom. The molecule has 0 atom stereocenters. The fourth-order valence-electron chi connectivity index (χ4n) is 1.41. The fraction of sp³-hybridized carbons (Fsp3) is 0.167. The highest BCUT2D eigenvalue weighted by atomic mass is 79.9. The number of nitrogens with one attached hydrogen (secondary N) is 1. The molecule has 2 aromatic rings. The largest absolute Gasteiger partial charge is 0.250 e. The maximum Gasteiger partial charge on any atom is 0.250 e. The van der Waals surface area contributed by atoms with Crippen LogP contribution >= 0.6 is 27.3 Å². The molecule has 0 spiro atoms. The minimum absolute atomic E-state index is 0.298. The van der Waals surface area contributed by atoms with Gasteiger partial charge < -0.3 is 0 Å². The highest BCUT2D eigenvalue weighted by Gasteiger charge is 2.15. The van der Waals surface area contributed by atoms with Crippen molar-refractivity contribution in [2.24, 2.45) is 0 Å². The van der Waals surface area contributed by atoms with Gasteiger partial charge in [0.15, 0.2) is 0 Å². The first-order valence-electron chi connectivity index (χ1n) is 5.28. The molecule has 0 fully saturated rings. The summed E-state index contributed by atoms with van der Waals surface area (Å²) in [7, 11) is -3.39. The number of hydrogen-bond acceptors (Lipinski definition) is 3. The predicted octanol–water partition coefficient (Wildman–Crippen LogP) is 3.30. The van der Waals surface area contributed by atoms with Crippen molar-refractivity contribution in [1.82, 2.24) is 4.72 Å². The molecule has 1 N–H and O–H groups in total. The molecular formula is C12H12BrNO2S2. The molecule has 1 heterocycles. The lowest BCUT2D eigenvalue weighted by atomic mass is 10.2. The first-order chi connectivity index (χ1) is 8.47. The molecule has 2 rings (SSSR count). The van der Waals surface area contributed by atoms with Gasteiger partial charge in [-0.05, 0) is 36.8 Å². The average molecular weight is 346 g/mol. The molecule has 6 heteroatoms. The van der Waals surface area contributed by atoms with E-state index in [4.69, 9.17) is 0 Å². The van der Waals surface area contributed by atoms with E-state index < -0.39 is 10.0 Å². The average Bonchev–Trinajstić information content (AvgIpc) is 2.76. The van der Waals surface area contributed by atoms with Crippen molar-refractivity contribution in [3.05, 3.63) is 51.3 Å². The maximum atomic E-state index is 12.0. The van der Waals surface area contributed by atoms with E-state index >= 15 is 0 Å². The van der Waals surface area contributed by atoms with Gasteiger partial charge in [-0.3, -0.25) is 0 Å². The van der Waals surface area contributed by atoms with E-state index in [0.717, 1.165) is 14.9 Å². The highest BCUT2D eigenvalue weighted by Crippen LogP contribution is 2.20.